The smallest absolute Gasteiger partial charge is 0.125 e. The van der Waals surface area contributed by atoms with Crippen LogP contribution in [0.2, 0.25) is 0 Å². The van der Waals surface area contributed by atoms with Gasteiger partial charge >= 0.3 is 0 Å². The van der Waals surface area contributed by atoms with Gasteiger partial charge in [-0.1, -0.05) is 17.7 Å². The Kier molecular flexibility index (Phi) is 2.42. The molecule has 2 unspecified atom stereocenters. The summed E-state index contributed by atoms with van der Waals surface area (Å²) in [4.78, 5) is 2.33. The van der Waals surface area contributed by atoms with Gasteiger partial charge in [0.05, 0.1) is 0 Å². The summed E-state index contributed by atoms with van der Waals surface area (Å²) >= 11 is 0. The number of nitrogens with two attached hydrogens (primary N) is 1. The van der Waals surface area contributed by atoms with Crippen molar-refractivity contribution in [3.05, 3.63) is 29.3 Å². The molecule has 1 aromatic rings. The number of fused-ring (bicyclic) bond motifs is 1. The quantitative estimate of drug-likeness (QED) is 0.742. The summed E-state index contributed by atoms with van der Waals surface area (Å²) < 4.78 is 6.25. The second-order valence-corrected chi connectivity index (χ2v) is 5.62. The zero-order chi connectivity index (χ0) is 12.0. The highest BCUT2D eigenvalue weighted by Gasteiger charge is 2.44. The lowest BCUT2D eigenvalue weighted by molar-refractivity contribution is 0.0466. The summed E-state index contributed by atoms with van der Waals surface area (Å²) in [7, 11) is 2.15. The van der Waals surface area contributed by atoms with E-state index in [2.05, 4.69) is 37.1 Å². The topological polar surface area (TPSA) is 38.5 Å². The predicted octanol–water partition coefficient (Wildman–Crippen LogP) is 1.85. The number of hydrogen-bond acceptors (Lipinski definition) is 3. The number of likely N-dealkylation sites (N-methyl/N-ethyl adjacent to an activating group) is 1. The largest absolute Gasteiger partial charge is 0.485 e. The molecule has 1 aromatic carbocycles. The number of hydrogen-bond donors (Lipinski definition) is 1. The Balaban J connectivity index is 1.96. The Hall–Kier alpha value is -1.06. The van der Waals surface area contributed by atoms with Crippen molar-refractivity contribution < 1.29 is 4.74 Å². The molecule has 2 atom stereocenters. The summed E-state index contributed by atoms with van der Waals surface area (Å²) in [6.45, 7) is 4.20. The first kappa shape index (κ1) is 11.1. The molecule has 1 fully saturated rings. The van der Waals surface area contributed by atoms with Gasteiger partial charge in [0, 0.05) is 37.5 Å². The van der Waals surface area contributed by atoms with Crippen LogP contribution in [0.4, 0.5) is 0 Å². The summed E-state index contributed by atoms with van der Waals surface area (Å²) in [5.74, 6) is 0.990. The van der Waals surface area contributed by atoms with Gasteiger partial charge in [-0.2, -0.15) is 0 Å². The van der Waals surface area contributed by atoms with Crippen molar-refractivity contribution in [2.24, 2.45) is 5.73 Å². The number of rotatable bonds is 0. The minimum atomic E-state index is -0.0452. The van der Waals surface area contributed by atoms with Crippen LogP contribution in [-0.4, -0.2) is 30.6 Å². The maximum atomic E-state index is 6.32. The van der Waals surface area contributed by atoms with E-state index in [1.807, 2.05) is 0 Å². The molecule has 92 valence electrons. The van der Waals surface area contributed by atoms with E-state index in [4.69, 9.17) is 10.5 Å². The van der Waals surface area contributed by atoms with Gasteiger partial charge in [0.15, 0.2) is 0 Å². The van der Waals surface area contributed by atoms with Crippen LogP contribution in [-0.2, 0) is 0 Å². The first-order valence-electron chi connectivity index (χ1n) is 6.32. The molecule has 0 radical (unpaired) electrons. The van der Waals surface area contributed by atoms with Crippen molar-refractivity contribution in [1.82, 2.24) is 4.90 Å². The minimum absolute atomic E-state index is 0.0452. The molecule has 0 aliphatic carbocycles. The first-order valence-corrected chi connectivity index (χ1v) is 6.32. The van der Waals surface area contributed by atoms with Gasteiger partial charge in [-0.05, 0) is 20.0 Å². The van der Waals surface area contributed by atoms with Gasteiger partial charge < -0.3 is 15.4 Å². The summed E-state index contributed by atoms with van der Waals surface area (Å²) in [6.07, 6.45) is 2.03. The third-order valence-corrected chi connectivity index (χ3v) is 3.99. The van der Waals surface area contributed by atoms with Gasteiger partial charge in [-0.3, -0.25) is 0 Å². The predicted molar refractivity (Wildman–Crippen MR) is 68.2 cm³/mol. The van der Waals surface area contributed by atoms with Crippen molar-refractivity contribution in [3.8, 4) is 5.75 Å². The Morgan fingerprint density at radius 2 is 2.29 bits per heavy atom. The molecule has 1 saturated heterocycles. The third kappa shape index (κ3) is 1.83. The fourth-order valence-corrected chi connectivity index (χ4v) is 3.13. The van der Waals surface area contributed by atoms with E-state index in [-0.39, 0.29) is 11.6 Å². The van der Waals surface area contributed by atoms with Gasteiger partial charge in [-0.15, -0.1) is 0 Å². The lowest BCUT2D eigenvalue weighted by Crippen LogP contribution is -2.44. The van der Waals surface area contributed by atoms with Gasteiger partial charge in [-0.25, -0.2) is 0 Å². The van der Waals surface area contributed by atoms with E-state index in [9.17, 15) is 0 Å². The summed E-state index contributed by atoms with van der Waals surface area (Å²) in [6, 6.07) is 6.45. The molecule has 1 spiro atoms. The van der Waals surface area contributed by atoms with Crippen molar-refractivity contribution >= 4 is 0 Å². The Morgan fingerprint density at radius 3 is 3.00 bits per heavy atom. The second-order valence-electron chi connectivity index (χ2n) is 5.62. The van der Waals surface area contributed by atoms with Crippen LogP contribution >= 0.6 is 0 Å². The first-order chi connectivity index (χ1) is 8.08. The number of nitrogens with zero attached hydrogens (tertiary/aromatic N) is 1. The molecule has 3 heteroatoms. The Bertz CT molecular complexity index is 446. The zero-order valence-corrected chi connectivity index (χ0v) is 10.6. The number of benzene rings is 1. The van der Waals surface area contributed by atoms with E-state index >= 15 is 0 Å². The summed E-state index contributed by atoms with van der Waals surface area (Å²) in [5, 5.41) is 0. The summed E-state index contributed by atoms with van der Waals surface area (Å²) in [5.41, 5.74) is 8.70. The Labute approximate surface area is 103 Å². The Morgan fingerprint density at radius 1 is 1.47 bits per heavy atom. The lowest BCUT2D eigenvalue weighted by Gasteiger charge is -2.38. The average Bonchev–Trinajstić information content (AvgIpc) is 2.61. The van der Waals surface area contributed by atoms with Crippen molar-refractivity contribution in [1.29, 1.82) is 0 Å². The van der Waals surface area contributed by atoms with E-state index < -0.39 is 0 Å². The molecule has 2 heterocycles. The lowest BCUT2D eigenvalue weighted by atomic mass is 9.86. The second kappa shape index (κ2) is 3.72. The van der Waals surface area contributed by atoms with Crippen LogP contribution in [0, 0.1) is 6.92 Å². The van der Waals surface area contributed by atoms with E-state index in [1.165, 1.54) is 11.1 Å². The molecule has 2 N–H and O–H groups in total. The van der Waals surface area contributed by atoms with Crippen LogP contribution in [0.3, 0.4) is 0 Å². The standard InChI is InChI=1S/C14H20N2O/c1-10-3-4-13-11(7-10)12(15)8-14(17-13)5-6-16(2)9-14/h3-4,7,12H,5-6,8-9,15H2,1-2H3. The fraction of sp³-hybridized carbons (Fsp3) is 0.571. The van der Waals surface area contributed by atoms with E-state index in [1.54, 1.807) is 0 Å². The highest BCUT2D eigenvalue weighted by Crippen LogP contribution is 2.42. The SMILES string of the molecule is Cc1ccc2c(c1)C(N)CC1(CCN(C)C1)O2. The van der Waals surface area contributed by atoms with Gasteiger partial charge in [0.1, 0.15) is 11.4 Å². The molecule has 3 rings (SSSR count). The third-order valence-electron chi connectivity index (χ3n) is 3.99. The van der Waals surface area contributed by atoms with Crippen LogP contribution in [0.15, 0.2) is 18.2 Å². The van der Waals surface area contributed by atoms with Crippen molar-refractivity contribution in [3.63, 3.8) is 0 Å². The van der Waals surface area contributed by atoms with Crippen molar-refractivity contribution in [2.75, 3.05) is 20.1 Å². The molecule has 17 heavy (non-hydrogen) atoms. The van der Waals surface area contributed by atoms with Crippen molar-refractivity contribution in [2.45, 2.75) is 31.4 Å². The van der Waals surface area contributed by atoms with Crippen LogP contribution in [0.25, 0.3) is 0 Å². The molecule has 0 amide bonds. The molecule has 0 saturated carbocycles. The van der Waals surface area contributed by atoms with Crippen LogP contribution < -0.4 is 10.5 Å². The molecule has 0 aromatic heterocycles. The average molecular weight is 232 g/mol. The zero-order valence-electron chi connectivity index (χ0n) is 10.6. The van der Waals surface area contributed by atoms with Crippen LogP contribution in [0.5, 0.6) is 5.75 Å². The van der Waals surface area contributed by atoms with E-state index in [0.29, 0.717) is 0 Å². The molecule has 0 bridgehead atoms. The molecule has 3 nitrogen and oxygen atoms in total. The van der Waals surface area contributed by atoms with Gasteiger partial charge in [0.2, 0.25) is 0 Å². The molecule has 2 aliphatic heterocycles. The van der Waals surface area contributed by atoms with E-state index in [0.717, 1.165) is 31.7 Å². The molecular weight excluding hydrogens is 212 g/mol. The normalized spacial score (nSPS) is 32.5. The number of likely N-dealkylation sites (tertiary alicyclic amines) is 1. The maximum absolute atomic E-state index is 6.32. The fourth-order valence-electron chi connectivity index (χ4n) is 3.13. The number of ether oxygens (including phenoxy) is 1. The van der Waals surface area contributed by atoms with Gasteiger partial charge in [0.25, 0.3) is 0 Å². The minimum Gasteiger partial charge on any atom is -0.485 e. The number of aryl methyl sites for hydroxylation is 1. The molecular formula is C14H20N2O. The van der Waals surface area contributed by atoms with Crippen LogP contribution in [0.1, 0.15) is 30.0 Å². The highest BCUT2D eigenvalue weighted by molar-refractivity contribution is 5.41. The maximum Gasteiger partial charge on any atom is 0.125 e. The highest BCUT2D eigenvalue weighted by atomic mass is 16.5. The molecule has 2 aliphatic rings. The monoisotopic (exact) mass is 232 g/mol.